The summed E-state index contributed by atoms with van der Waals surface area (Å²) >= 11 is 0. The minimum Gasteiger partial charge on any atom is -0.407 e. The van der Waals surface area contributed by atoms with Gasteiger partial charge in [0.2, 0.25) is 0 Å². The van der Waals surface area contributed by atoms with E-state index in [9.17, 15) is 0 Å². The highest BCUT2D eigenvalue weighted by Crippen LogP contribution is 2.43. The minimum atomic E-state index is -1.83. The molecule has 2 rings (SSSR count). The molecule has 0 aliphatic carbocycles. The Morgan fingerprint density at radius 3 is 1.00 bits per heavy atom. The monoisotopic (exact) mass is 442 g/mol. The maximum atomic E-state index is 7.20. The van der Waals surface area contributed by atoms with Crippen LogP contribution in [0.3, 0.4) is 0 Å². The lowest BCUT2D eigenvalue weighted by atomic mass is 9.98. The highest BCUT2D eigenvalue weighted by atomic mass is 28.4. The van der Waals surface area contributed by atoms with Gasteiger partial charge in [-0.1, -0.05) is 102 Å². The van der Waals surface area contributed by atoms with Gasteiger partial charge in [0, 0.05) is 0 Å². The number of hydrogen-bond donors (Lipinski definition) is 0. The average molecular weight is 443 g/mol. The standard InChI is InChI=1S/C26H42O2Si2/c1-7-29(8-2,9-3)27-25(23-19-15-13-16-20-23)26(24-21-17-14-18-22-24)28-30(10-4,11-5)12-6/h13-22,25-26H,7-12H2,1-6H3. The van der Waals surface area contributed by atoms with Gasteiger partial charge in [-0.25, -0.2) is 0 Å². The fourth-order valence-electron chi connectivity index (χ4n) is 4.43. The lowest BCUT2D eigenvalue weighted by Gasteiger charge is -2.41. The van der Waals surface area contributed by atoms with E-state index in [2.05, 4.69) is 102 Å². The van der Waals surface area contributed by atoms with E-state index < -0.39 is 16.6 Å². The normalized spacial score (nSPS) is 14.5. The van der Waals surface area contributed by atoms with Crippen LogP contribution in [0.25, 0.3) is 0 Å². The van der Waals surface area contributed by atoms with Crippen LogP contribution in [-0.4, -0.2) is 16.6 Å². The summed E-state index contributed by atoms with van der Waals surface area (Å²) in [5, 5.41) is 0. The second kappa shape index (κ2) is 12.0. The van der Waals surface area contributed by atoms with E-state index in [0.717, 1.165) is 36.3 Å². The van der Waals surface area contributed by atoms with Gasteiger partial charge in [-0.2, -0.15) is 0 Å². The van der Waals surface area contributed by atoms with E-state index in [1.165, 1.54) is 11.1 Å². The molecule has 0 N–H and O–H groups in total. The fourth-order valence-corrected chi connectivity index (χ4v) is 10.0. The molecule has 0 heterocycles. The number of hydrogen-bond acceptors (Lipinski definition) is 2. The molecule has 0 saturated carbocycles. The Hall–Kier alpha value is -1.21. The Morgan fingerprint density at radius 2 is 0.767 bits per heavy atom. The first-order chi connectivity index (χ1) is 14.5. The molecule has 0 radical (unpaired) electrons. The minimum absolute atomic E-state index is 0.0587. The first-order valence-corrected chi connectivity index (χ1v) is 17.0. The van der Waals surface area contributed by atoms with Crippen molar-refractivity contribution in [3.63, 3.8) is 0 Å². The molecule has 2 unspecified atom stereocenters. The second-order valence-electron chi connectivity index (χ2n) is 8.39. The zero-order valence-electron chi connectivity index (χ0n) is 20.0. The first kappa shape index (κ1) is 25.1. The molecule has 166 valence electrons. The average Bonchev–Trinajstić information content (AvgIpc) is 2.83. The summed E-state index contributed by atoms with van der Waals surface area (Å²) in [6, 6.07) is 28.4. The Bertz CT molecular complexity index is 632. The molecule has 0 fully saturated rings. The molecule has 2 nitrogen and oxygen atoms in total. The molecule has 30 heavy (non-hydrogen) atoms. The molecule has 0 amide bonds. The molecule has 0 bridgehead atoms. The van der Waals surface area contributed by atoms with Crippen LogP contribution in [0.1, 0.15) is 64.9 Å². The third-order valence-electron chi connectivity index (χ3n) is 7.15. The SMILES string of the molecule is CC[Si](CC)(CC)OC(c1ccccc1)C(O[Si](CC)(CC)CC)c1ccccc1. The van der Waals surface area contributed by atoms with Gasteiger partial charge >= 0.3 is 0 Å². The van der Waals surface area contributed by atoms with Gasteiger partial charge in [-0.3, -0.25) is 0 Å². The Labute approximate surface area is 187 Å². The summed E-state index contributed by atoms with van der Waals surface area (Å²) in [4.78, 5) is 0. The molecule has 0 spiro atoms. The zero-order chi connectivity index (χ0) is 22.0. The van der Waals surface area contributed by atoms with Crippen molar-refractivity contribution in [1.29, 1.82) is 0 Å². The maximum absolute atomic E-state index is 7.20. The third-order valence-corrected chi connectivity index (χ3v) is 16.4. The topological polar surface area (TPSA) is 18.5 Å². The molecule has 0 aliphatic rings. The van der Waals surface area contributed by atoms with Crippen molar-refractivity contribution in [3.8, 4) is 0 Å². The summed E-state index contributed by atoms with van der Waals surface area (Å²) in [7, 11) is -3.66. The molecule has 2 aromatic rings. The first-order valence-electron chi connectivity index (χ1n) is 12.0. The van der Waals surface area contributed by atoms with Crippen molar-refractivity contribution in [1.82, 2.24) is 0 Å². The molecule has 2 atom stereocenters. The Morgan fingerprint density at radius 1 is 0.500 bits per heavy atom. The van der Waals surface area contributed by atoms with Gasteiger partial charge in [-0.15, -0.1) is 0 Å². The van der Waals surface area contributed by atoms with Gasteiger partial charge in [0.25, 0.3) is 0 Å². The van der Waals surface area contributed by atoms with E-state index in [1.54, 1.807) is 0 Å². The Kier molecular flexibility index (Phi) is 10.0. The number of rotatable bonds is 13. The molecule has 0 saturated heterocycles. The highest BCUT2D eigenvalue weighted by molar-refractivity contribution is 6.74. The zero-order valence-corrected chi connectivity index (χ0v) is 22.0. The summed E-state index contributed by atoms with van der Waals surface area (Å²) in [5.41, 5.74) is 2.48. The van der Waals surface area contributed by atoms with Crippen LogP contribution in [0.15, 0.2) is 60.7 Å². The molecular formula is C26H42O2Si2. The summed E-state index contributed by atoms with van der Waals surface area (Å²) < 4.78 is 14.4. The van der Waals surface area contributed by atoms with Crippen LogP contribution in [0.4, 0.5) is 0 Å². The quantitative estimate of drug-likeness (QED) is 0.289. The van der Waals surface area contributed by atoms with Crippen LogP contribution in [-0.2, 0) is 8.85 Å². The number of benzene rings is 2. The van der Waals surface area contributed by atoms with E-state index >= 15 is 0 Å². The van der Waals surface area contributed by atoms with E-state index in [-0.39, 0.29) is 12.2 Å². The predicted molar refractivity (Wildman–Crippen MR) is 135 cm³/mol. The lowest BCUT2D eigenvalue weighted by molar-refractivity contribution is 0.0365. The summed E-state index contributed by atoms with van der Waals surface area (Å²) in [5.74, 6) is 0. The highest BCUT2D eigenvalue weighted by Gasteiger charge is 2.40. The smallest absolute Gasteiger partial charge is 0.193 e. The molecule has 0 aliphatic heterocycles. The van der Waals surface area contributed by atoms with Crippen molar-refractivity contribution in [2.45, 2.75) is 90.0 Å². The van der Waals surface area contributed by atoms with Gasteiger partial charge in [0.15, 0.2) is 16.6 Å². The van der Waals surface area contributed by atoms with Gasteiger partial charge in [-0.05, 0) is 47.4 Å². The van der Waals surface area contributed by atoms with Gasteiger partial charge < -0.3 is 8.85 Å². The van der Waals surface area contributed by atoms with Gasteiger partial charge in [0.05, 0.1) is 12.2 Å². The largest absolute Gasteiger partial charge is 0.407 e. The van der Waals surface area contributed by atoms with Crippen molar-refractivity contribution in [3.05, 3.63) is 71.8 Å². The molecular weight excluding hydrogens is 400 g/mol. The predicted octanol–water partition coefficient (Wildman–Crippen LogP) is 8.51. The van der Waals surface area contributed by atoms with Crippen LogP contribution < -0.4 is 0 Å². The summed E-state index contributed by atoms with van der Waals surface area (Å²) in [6.07, 6.45) is -0.117. The van der Waals surface area contributed by atoms with Crippen LogP contribution in [0.2, 0.25) is 36.3 Å². The van der Waals surface area contributed by atoms with Crippen LogP contribution in [0.5, 0.6) is 0 Å². The van der Waals surface area contributed by atoms with Crippen molar-refractivity contribution in [2.24, 2.45) is 0 Å². The van der Waals surface area contributed by atoms with E-state index in [0.29, 0.717) is 0 Å². The Balaban J connectivity index is 2.59. The fraction of sp³-hybridized carbons (Fsp3) is 0.538. The molecule has 0 aromatic heterocycles. The van der Waals surface area contributed by atoms with Crippen molar-refractivity contribution < 1.29 is 8.85 Å². The van der Waals surface area contributed by atoms with Crippen molar-refractivity contribution in [2.75, 3.05) is 0 Å². The molecule has 4 heteroatoms. The van der Waals surface area contributed by atoms with Crippen molar-refractivity contribution >= 4 is 16.6 Å². The van der Waals surface area contributed by atoms with Gasteiger partial charge in [0.1, 0.15) is 0 Å². The van der Waals surface area contributed by atoms with Crippen LogP contribution in [0, 0.1) is 0 Å². The lowest BCUT2D eigenvalue weighted by Crippen LogP contribution is -2.43. The van der Waals surface area contributed by atoms with E-state index in [4.69, 9.17) is 8.85 Å². The second-order valence-corrected chi connectivity index (χ2v) is 17.8. The molecule has 2 aromatic carbocycles. The third kappa shape index (κ3) is 5.94. The maximum Gasteiger partial charge on any atom is 0.193 e. The van der Waals surface area contributed by atoms with E-state index in [1.807, 2.05) is 0 Å². The van der Waals surface area contributed by atoms with Crippen LogP contribution >= 0.6 is 0 Å². The summed E-state index contributed by atoms with van der Waals surface area (Å²) in [6.45, 7) is 13.9.